The second-order valence-electron chi connectivity index (χ2n) is 6.50. The summed E-state index contributed by atoms with van der Waals surface area (Å²) in [5, 5.41) is 3.80. The molecule has 0 aliphatic carbocycles. The van der Waals surface area contributed by atoms with Gasteiger partial charge in [-0.15, -0.1) is 0 Å². The molecule has 0 bridgehead atoms. The minimum atomic E-state index is 0.00853. The summed E-state index contributed by atoms with van der Waals surface area (Å²) in [4.78, 5) is 2.49. The highest BCUT2D eigenvalue weighted by molar-refractivity contribution is 4.93. The van der Waals surface area contributed by atoms with Gasteiger partial charge >= 0.3 is 0 Å². The summed E-state index contributed by atoms with van der Waals surface area (Å²) < 4.78 is 16.9. The van der Waals surface area contributed by atoms with Crippen LogP contribution in [0.3, 0.4) is 0 Å². The summed E-state index contributed by atoms with van der Waals surface area (Å²) in [6.07, 6.45) is 3.28. The highest BCUT2D eigenvalue weighted by Crippen LogP contribution is 2.32. The maximum Gasteiger partial charge on any atom is 0.0951 e. The molecule has 0 radical (unpaired) electrons. The fourth-order valence-electron chi connectivity index (χ4n) is 3.66. The average Bonchev–Trinajstić information content (AvgIpc) is 2.87. The zero-order valence-corrected chi connectivity index (χ0v) is 12.6. The largest absolute Gasteiger partial charge is 0.379 e. The van der Waals surface area contributed by atoms with Gasteiger partial charge in [0.1, 0.15) is 0 Å². The second kappa shape index (κ2) is 6.71. The Kier molecular flexibility index (Phi) is 4.94. The molecule has 0 amide bonds. The van der Waals surface area contributed by atoms with E-state index in [2.05, 4.69) is 17.1 Å². The van der Waals surface area contributed by atoms with Crippen LogP contribution in [0.15, 0.2) is 0 Å². The van der Waals surface area contributed by atoms with Gasteiger partial charge in [-0.25, -0.2) is 0 Å². The molecule has 116 valence electrons. The third-order valence-corrected chi connectivity index (χ3v) is 4.72. The van der Waals surface area contributed by atoms with Crippen molar-refractivity contribution < 1.29 is 14.2 Å². The van der Waals surface area contributed by atoms with E-state index in [1.165, 1.54) is 0 Å². The number of nitrogens with zero attached hydrogens (tertiary/aromatic N) is 1. The van der Waals surface area contributed by atoms with Crippen LogP contribution in [0.1, 0.15) is 26.2 Å². The Morgan fingerprint density at radius 3 is 2.80 bits per heavy atom. The lowest BCUT2D eigenvalue weighted by molar-refractivity contribution is -0.0905. The highest BCUT2D eigenvalue weighted by atomic mass is 16.6. The maximum absolute atomic E-state index is 6.00. The molecule has 5 heteroatoms. The molecule has 0 aromatic carbocycles. The predicted molar refractivity (Wildman–Crippen MR) is 77.0 cm³/mol. The Bertz CT molecular complexity index is 301. The molecule has 1 N–H and O–H groups in total. The van der Waals surface area contributed by atoms with Gasteiger partial charge in [0.2, 0.25) is 0 Å². The number of ether oxygens (including phenoxy) is 3. The zero-order chi connectivity index (χ0) is 13.8. The number of hydrogen-bond donors (Lipinski definition) is 1. The molecule has 3 aliphatic heterocycles. The van der Waals surface area contributed by atoms with Crippen molar-refractivity contribution in [3.05, 3.63) is 0 Å². The van der Waals surface area contributed by atoms with Gasteiger partial charge in [0.25, 0.3) is 0 Å². The number of rotatable bonds is 4. The number of hydrogen-bond acceptors (Lipinski definition) is 5. The Hall–Kier alpha value is -0.200. The first-order chi connectivity index (χ1) is 9.76. The highest BCUT2D eigenvalue weighted by Gasteiger charge is 2.41. The van der Waals surface area contributed by atoms with Gasteiger partial charge in [-0.1, -0.05) is 0 Å². The second-order valence-corrected chi connectivity index (χ2v) is 6.50. The smallest absolute Gasteiger partial charge is 0.0951 e. The van der Waals surface area contributed by atoms with Gasteiger partial charge in [0.05, 0.1) is 25.4 Å². The SMILES string of the molecule is CC(CN1CCOCC1)NC1CCOC2(CCOC2)C1. The van der Waals surface area contributed by atoms with Gasteiger partial charge in [-0.05, 0) is 19.8 Å². The van der Waals surface area contributed by atoms with E-state index in [0.717, 1.165) is 71.9 Å². The molecule has 0 aromatic rings. The Labute approximate surface area is 121 Å². The van der Waals surface area contributed by atoms with Crippen molar-refractivity contribution in [3.8, 4) is 0 Å². The van der Waals surface area contributed by atoms with Gasteiger partial charge in [0.15, 0.2) is 0 Å². The maximum atomic E-state index is 6.00. The average molecular weight is 284 g/mol. The molecule has 5 nitrogen and oxygen atoms in total. The van der Waals surface area contributed by atoms with Crippen LogP contribution in [0.5, 0.6) is 0 Å². The summed E-state index contributed by atoms with van der Waals surface area (Å²) >= 11 is 0. The normalized spacial score (nSPS) is 37.4. The number of nitrogens with one attached hydrogen (secondary N) is 1. The molecule has 1 spiro atoms. The van der Waals surface area contributed by atoms with Crippen molar-refractivity contribution in [2.45, 2.75) is 43.9 Å². The lowest BCUT2D eigenvalue weighted by Gasteiger charge is -2.39. The van der Waals surface area contributed by atoms with Crippen LogP contribution in [-0.4, -0.2) is 75.3 Å². The van der Waals surface area contributed by atoms with Crippen molar-refractivity contribution in [2.75, 3.05) is 52.7 Å². The molecule has 3 rings (SSSR count). The van der Waals surface area contributed by atoms with Crippen LogP contribution in [-0.2, 0) is 14.2 Å². The summed E-state index contributed by atoms with van der Waals surface area (Å²) in [5.41, 5.74) is 0.00853. The van der Waals surface area contributed by atoms with E-state index in [1.54, 1.807) is 0 Å². The fourth-order valence-corrected chi connectivity index (χ4v) is 3.66. The van der Waals surface area contributed by atoms with Gasteiger partial charge in [-0.2, -0.15) is 0 Å². The lowest BCUT2D eigenvalue weighted by Crippen LogP contribution is -2.52. The van der Waals surface area contributed by atoms with Gasteiger partial charge in [0, 0.05) is 51.4 Å². The topological polar surface area (TPSA) is 43.0 Å². The van der Waals surface area contributed by atoms with Crippen LogP contribution in [0.2, 0.25) is 0 Å². The Morgan fingerprint density at radius 1 is 1.20 bits per heavy atom. The van der Waals surface area contributed by atoms with E-state index in [0.29, 0.717) is 12.1 Å². The van der Waals surface area contributed by atoms with Gasteiger partial charge in [-0.3, -0.25) is 4.90 Å². The van der Waals surface area contributed by atoms with Crippen molar-refractivity contribution in [1.29, 1.82) is 0 Å². The summed E-state index contributed by atoms with van der Waals surface area (Å²) in [6.45, 7) is 9.81. The van der Waals surface area contributed by atoms with Crippen LogP contribution in [0.4, 0.5) is 0 Å². The van der Waals surface area contributed by atoms with Gasteiger partial charge < -0.3 is 19.5 Å². The van der Waals surface area contributed by atoms with Crippen molar-refractivity contribution in [1.82, 2.24) is 10.2 Å². The summed E-state index contributed by atoms with van der Waals surface area (Å²) in [7, 11) is 0. The summed E-state index contributed by atoms with van der Waals surface area (Å²) in [5.74, 6) is 0. The lowest BCUT2D eigenvalue weighted by atomic mass is 9.89. The molecule has 3 aliphatic rings. The predicted octanol–water partition coefficient (Wildman–Crippen LogP) is 0.635. The molecule has 3 unspecified atom stereocenters. The molecule has 0 aromatic heterocycles. The monoisotopic (exact) mass is 284 g/mol. The minimum Gasteiger partial charge on any atom is -0.379 e. The van der Waals surface area contributed by atoms with Crippen molar-refractivity contribution in [3.63, 3.8) is 0 Å². The van der Waals surface area contributed by atoms with E-state index in [-0.39, 0.29) is 5.60 Å². The number of morpholine rings is 1. The van der Waals surface area contributed by atoms with E-state index in [1.807, 2.05) is 0 Å². The van der Waals surface area contributed by atoms with Crippen molar-refractivity contribution >= 4 is 0 Å². The van der Waals surface area contributed by atoms with Crippen LogP contribution < -0.4 is 5.32 Å². The summed E-state index contributed by atoms with van der Waals surface area (Å²) in [6, 6.07) is 1.09. The fraction of sp³-hybridized carbons (Fsp3) is 1.00. The van der Waals surface area contributed by atoms with Crippen LogP contribution in [0, 0.1) is 0 Å². The molecule has 20 heavy (non-hydrogen) atoms. The van der Waals surface area contributed by atoms with E-state index >= 15 is 0 Å². The molecule has 0 saturated carbocycles. The van der Waals surface area contributed by atoms with Crippen LogP contribution >= 0.6 is 0 Å². The Balaban J connectivity index is 1.44. The zero-order valence-electron chi connectivity index (χ0n) is 12.6. The first-order valence-corrected chi connectivity index (χ1v) is 8.04. The molecule has 3 saturated heterocycles. The third-order valence-electron chi connectivity index (χ3n) is 4.72. The third kappa shape index (κ3) is 3.71. The molecular weight excluding hydrogens is 256 g/mol. The molecule has 3 atom stereocenters. The van der Waals surface area contributed by atoms with E-state index in [9.17, 15) is 0 Å². The van der Waals surface area contributed by atoms with Crippen LogP contribution in [0.25, 0.3) is 0 Å². The van der Waals surface area contributed by atoms with Crippen molar-refractivity contribution in [2.24, 2.45) is 0 Å². The van der Waals surface area contributed by atoms with E-state index in [4.69, 9.17) is 14.2 Å². The molecular formula is C15H28N2O3. The first-order valence-electron chi connectivity index (χ1n) is 8.04. The molecule has 3 heterocycles. The van der Waals surface area contributed by atoms with E-state index < -0.39 is 0 Å². The minimum absolute atomic E-state index is 0.00853. The standard InChI is InChI=1S/C15H28N2O3/c1-13(11-17-4-8-18-9-5-17)16-14-2-6-20-15(10-14)3-7-19-12-15/h13-14,16H,2-12H2,1H3. The first kappa shape index (κ1) is 14.7. The Morgan fingerprint density at radius 2 is 2.05 bits per heavy atom. The quantitative estimate of drug-likeness (QED) is 0.820. The molecule has 3 fully saturated rings.